The number of aliphatic hydroxyl groups is 1. The molecule has 3 aromatic carbocycles. The maximum Gasteiger partial charge on any atom is 0.573 e. The van der Waals surface area contributed by atoms with Crippen LogP contribution in [0, 0.1) is 5.92 Å². The minimum absolute atomic E-state index is 0.140. The number of ether oxygens (including phenoxy) is 1. The Labute approximate surface area is 270 Å². The summed E-state index contributed by atoms with van der Waals surface area (Å²) >= 11 is 0. The Kier molecular flexibility index (Phi) is 10.7. The van der Waals surface area contributed by atoms with E-state index < -0.39 is 36.9 Å². The molecule has 0 aromatic heterocycles. The topological polar surface area (TPSA) is 128 Å². The number of urea groups is 1. The summed E-state index contributed by atoms with van der Waals surface area (Å²) in [5.41, 5.74) is 3.54. The van der Waals surface area contributed by atoms with Crippen LogP contribution in [0.3, 0.4) is 0 Å². The number of aliphatic hydroxyl groups excluding tert-OH is 1. The number of aliphatic carboxylic acids is 1. The van der Waals surface area contributed by atoms with E-state index in [1.54, 1.807) is 29.2 Å². The van der Waals surface area contributed by atoms with Gasteiger partial charge in [-0.15, -0.1) is 13.2 Å². The highest BCUT2D eigenvalue weighted by molar-refractivity contribution is 5.95. The minimum atomic E-state index is -4.80. The van der Waals surface area contributed by atoms with E-state index in [4.69, 9.17) is 5.11 Å². The number of amides is 3. The largest absolute Gasteiger partial charge is 0.573 e. The fourth-order valence-corrected chi connectivity index (χ4v) is 5.96. The number of benzene rings is 3. The Morgan fingerprint density at radius 2 is 1.51 bits per heavy atom. The molecule has 0 radical (unpaired) electrons. The second-order valence-electron chi connectivity index (χ2n) is 12.2. The maximum absolute atomic E-state index is 14.0. The van der Waals surface area contributed by atoms with Crippen molar-refractivity contribution < 1.29 is 42.5 Å². The molecule has 47 heavy (non-hydrogen) atoms. The molecule has 0 aliphatic heterocycles. The Bertz CT molecular complexity index is 1520. The lowest BCUT2D eigenvalue weighted by molar-refractivity contribution is -0.274. The Morgan fingerprint density at radius 1 is 0.872 bits per heavy atom. The van der Waals surface area contributed by atoms with Crippen LogP contribution >= 0.6 is 0 Å². The zero-order chi connectivity index (χ0) is 33.6. The molecule has 2 saturated carbocycles. The van der Waals surface area contributed by atoms with Crippen LogP contribution < -0.4 is 20.3 Å². The highest BCUT2D eigenvalue weighted by Gasteiger charge is 2.35. The van der Waals surface area contributed by atoms with Gasteiger partial charge < -0.3 is 25.6 Å². The number of carboxylic acid groups (broad SMARTS) is 1. The van der Waals surface area contributed by atoms with E-state index in [-0.39, 0.29) is 29.8 Å². The van der Waals surface area contributed by atoms with Gasteiger partial charge in [0.2, 0.25) is 0 Å². The van der Waals surface area contributed by atoms with E-state index in [9.17, 15) is 32.7 Å². The summed E-state index contributed by atoms with van der Waals surface area (Å²) in [7, 11) is 0. The lowest BCUT2D eigenvalue weighted by Gasteiger charge is -2.28. The molecule has 250 valence electrons. The number of alkyl halides is 3. The van der Waals surface area contributed by atoms with Crippen molar-refractivity contribution in [3.8, 4) is 5.75 Å². The molecule has 2 atom stereocenters. The molecule has 3 aromatic rings. The molecule has 4 N–H and O–H groups in total. The minimum Gasteiger partial charge on any atom is -0.479 e. The van der Waals surface area contributed by atoms with Crippen LogP contribution in [0.5, 0.6) is 5.75 Å². The monoisotopic (exact) mass is 653 g/mol. The van der Waals surface area contributed by atoms with Crippen LogP contribution in [-0.2, 0) is 11.3 Å². The van der Waals surface area contributed by atoms with Crippen molar-refractivity contribution in [2.75, 3.05) is 11.4 Å². The number of anilines is 1. The molecule has 3 amide bonds. The number of carboxylic acids is 1. The number of carbonyl (C=O) groups is 3. The van der Waals surface area contributed by atoms with Gasteiger partial charge in [0.1, 0.15) is 5.75 Å². The summed E-state index contributed by atoms with van der Waals surface area (Å²) in [5, 5.41) is 23.8. The summed E-state index contributed by atoms with van der Waals surface area (Å²) in [5.74, 6) is -1.71. The normalized spacial score (nSPS) is 16.5. The van der Waals surface area contributed by atoms with E-state index in [0.717, 1.165) is 31.2 Å². The molecule has 2 aliphatic carbocycles. The molecule has 12 heteroatoms. The number of carbonyl (C=O) groups excluding carboxylic acids is 2. The number of rotatable bonds is 12. The van der Waals surface area contributed by atoms with Gasteiger partial charge in [0.25, 0.3) is 5.91 Å². The predicted octanol–water partition coefficient (Wildman–Crippen LogP) is 6.68. The third-order valence-corrected chi connectivity index (χ3v) is 8.67. The molecule has 1 unspecified atom stereocenters. The quantitative estimate of drug-likeness (QED) is 0.173. The molecule has 0 saturated heterocycles. The molecular weight excluding hydrogens is 615 g/mol. The smallest absolute Gasteiger partial charge is 0.479 e. The zero-order valence-corrected chi connectivity index (χ0v) is 25.7. The number of halogens is 3. The van der Waals surface area contributed by atoms with Crippen LogP contribution in [0.4, 0.5) is 23.7 Å². The Balaban J connectivity index is 1.34. The van der Waals surface area contributed by atoms with E-state index in [2.05, 4.69) is 27.5 Å². The lowest BCUT2D eigenvalue weighted by Crippen LogP contribution is -2.42. The van der Waals surface area contributed by atoms with Crippen LogP contribution in [0.1, 0.15) is 84.0 Å². The first-order valence-electron chi connectivity index (χ1n) is 15.8. The van der Waals surface area contributed by atoms with Crippen LogP contribution in [-0.4, -0.2) is 47.1 Å². The van der Waals surface area contributed by atoms with Gasteiger partial charge in [-0.1, -0.05) is 55.7 Å². The average molecular weight is 654 g/mol. The predicted molar refractivity (Wildman–Crippen MR) is 168 cm³/mol. The van der Waals surface area contributed by atoms with Crippen molar-refractivity contribution in [1.82, 2.24) is 10.6 Å². The molecule has 0 bridgehead atoms. The van der Waals surface area contributed by atoms with E-state index in [1.165, 1.54) is 49.1 Å². The number of nitrogens with one attached hydrogen (secondary N) is 2. The summed E-state index contributed by atoms with van der Waals surface area (Å²) in [4.78, 5) is 38.9. The van der Waals surface area contributed by atoms with Gasteiger partial charge >= 0.3 is 18.4 Å². The van der Waals surface area contributed by atoms with Crippen molar-refractivity contribution in [3.05, 3.63) is 95.1 Å². The second kappa shape index (κ2) is 14.9. The van der Waals surface area contributed by atoms with Gasteiger partial charge in [0.05, 0.1) is 19.1 Å². The van der Waals surface area contributed by atoms with Gasteiger partial charge in [-0.3, -0.25) is 9.69 Å². The van der Waals surface area contributed by atoms with E-state index >= 15 is 0 Å². The van der Waals surface area contributed by atoms with E-state index in [1.807, 2.05) is 12.1 Å². The van der Waals surface area contributed by atoms with Crippen LogP contribution in [0.15, 0.2) is 72.8 Å². The molecule has 5 rings (SSSR count). The first kappa shape index (κ1) is 33.8. The Morgan fingerprint density at radius 3 is 2.09 bits per heavy atom. The number of hydrogen-bond donors (Lipinski definition) is 4. The number of hydrogen-bond acceptors (Lipinski definition) is 5. The first-order valence-corrected chi connectivity index (χ1v) is 15.8. The van der Waals surface area contributed by atoms with Gasteiger partial charge in [0, 0.05) is 11.3 Å². The SMILES string of the molecule is O=C(NC[C@@H](O)C(=O)O)c1ccc(CN(C(=O)NC(c2ccc(OC(F)(F)F)cc2)C2CC2)c2ccc(C3CCCCC3)cc2)cc1. The van der Waals surface area contributed by atoms with Crippen molar-refractivity contribution in [3.63, 3.8) is 0 Å². The fourth-order valence-electron chi connectivity index (χ4n) is 5.96. The van der Waals surface area contributed by atoms with Crippen LogP contribution in [0.2, 0.25) is 0 Å². The van der Waals surface area contributed by atoms with Gasteiger partial charge in [-0.2, -0.15) is 0 Å². The third-order valence-electron chi connectivity index (χ3n) is 8.67. The average Bonchev–Trinajstić information content (AvgIpc) is 3.91. The highest BCUT2D eigenvalue weighted by atomic mass is 19.4. The molecular formula is C35H38F3N3O6. The standard InChI is InChI=1S/C35H38F3N3O6/c36-35(37,38)47-29-18-14-26(15-19-29)31(25-10-11-25)40-34(46)41(28-16-12-24(13-17-28)23-4-2-1-3-5-23)21-22-6-8-27(9-7-22)32(43)39-20-30(42)33(44)45/h6-9,12-19,23,25,30-31,42H,1-5,10-11,20-21H2,(H,39,43)(H,40,46)(H,44,45)/t30-,31?/m1/s1. The molecule has 2 aliphatic rings. The number of nitrogens with zero attached hydrogens (tertiary/aromatic N) is 1. The summed E-state index contributed by atoms with van der Waals surface area (Å²) in [6, 6.07) is 19.2. The van der Waals surface area contributed by atoms with Gasteiger partial charge in [-0.25, -0.2) is 9.59 Å². The Hall–Kier alpha value is -4.58. The second-order valence-corrected chi connectivity index (χ2v) is 12.2. The van der Waals surface area contributed by atoms with Crippen LogP contribution in [0.25, 0.3) is 0 Å². The third kappa shape index (κ3) is 9.47. The van der Waals surface area contributed by atoms with Gasteiger partial charge in [0.15, 0.2) is 6.10 Å². The summed E-state index contributed by atoms with van der Waals surface area (Å²) in [6.07, 6.45) is 1.12. The van der Waals surface area contributed by atoms with Gasteiger partial charge in [-0.05, 0) is 90.6 Å². The first-order chi connectivity index (χ1) is 22.5. The fraction of sp³-hybridized carbons (Fsp3) is 0.400. The molecule has 0 spiro atoms. The molecule has 9 nitrogen and oxygen atoms in total. The van der Waals surface area contributed by atoms with Crippen molar-refractivity contribution >= 4 is 23.6 Å². The van der Waals surface area contributed by atoms with Crippen molar-refractivity contribution in [2.24, 2.45) is 5.92 Å². The van der Waals surface area contributed by atoms with E-state index in [0.29, 0.717) is 17.2 Å². The van der Waals surface area contributed by atoms with Crippen molar-refractivity contribution in [1.29, 1.82) is 0 Å². The summed E-state index contributed by atoms with van der Waals surface area (Å²) < 4.78 is 42.1. The van der Waals surface area contributed by atoms with Crippen molar-refractivity contribution in [2.45, 2.75) is 75.9 Å². The molecule has 0 heterocycles. The zero-order valence-electron chi connectivity index (χ0n) is 25.7. The summed E-state index contributed by atoms with van der Waals surface area (Å²) in [6.45, 7) is -0.287. The highest BCUT2D eigenvalue weighted by Crippen LogP contribution is 2.42. The molecule has 2 fully saturated rings. The lowest BCUT2D eigenvalue weighted by atomic mass is 9.84. The maximum atomic E-state index is 14.0.